The van der Waals surface area contributed by atoms with Crippen molar-refractivity contribution in [1.29, 1.82) is 0 Å². The predicted octanol–water partition coefficient (Wildman–Crippen LogP) is 0.541. The second-order valence-corrected chi connectivity index (χ2v) is 5.39. The van der Waals surface area contributed by atoms with Crippen LogP contribution in [0.4, 0.5) is 5.69 Å². The standard InChI is InChI=1S/C15H17N7O2/c1-9-4-13-19-12(5-10(2)22(13)20-9)15(24)18-11-6-17-21(7-11)8-14(23)16-3/h4-7H,8H2,1-3H3,(H,16,23)(H,18,24). The Bertz CT molecular complexity index is 925. The van der Waals surface area contributed by atoms with Crippen LogP contribution >= 0.6 is 0 Å². The van der Waals surface area contributed by atoms with Gasteiger partial charge in [-0.2, -0.15) is 10.2 Å². The summed E-state index contributed by atoms with van der Waals surface area (Å²) in [5, 5.41) is 13.6. The molecule has 2 N–H and O–H groups in total. The minimum Gasteiger partial charge on any atom is -0.358 e. The molecule has 3 rings (SSSR count). The van der Waals surface area contributed by atoms with Crippen LogP contribution in [0.2, 0.25) is 0 Å². The summed E-state index contributed by atoms with van der Waals surface area (Å²) >= 11 is 0. The summed E-state index contributed by atoms with van der Waals surface area (Å²) in [6, 6.07) is 3.48. The Morgan fingerprint density at radius 1 is 1.25 bits per heavy atom. The molecule has 3 aromatic heterocycles. The minimum atomic E-state index is -0.348. The number of aromatic nitrogens is 5. The summed E-state index contributed by atoms with van der Waals surface area (Å²) < 4.78 is 3.13. The molecule has 9 nitrogen and oxygen atoms in total. The highest BCUT2D eigenvalue weighted by atomic mass is 16.2. The number of anilines is 1. The molecule has 0 atom stereocenters. The zero-order chi connectivity index (χ0) is 17.3. The molecule has 0 unspecified atom stereocenters. The molecule has 0 fully saturated rings. The van der Waals surface area contributed by atoms with Gasteiger partial charge in [-0.1, -0.05) is 0 Å². The van der Waals surface area contributed by atoms with Crippen molar-refractivity contribution >= 4 is 23.1 Å². The third-order valence-electron chi connectivity index (χ3n) is 3.44. The van der Waals surface area contributed by atoms with E-state index >= 15 is 0 Å². The van der Waals surface area contributed by atoms with E-state index in [4.69, 9.17) is 0 Å². The van der Waals surface area contributed by atoms with Crippen molar-refractivity contribution in [1.82, 2.24) is 29.7 Å². The van der Waals surface area contributed by atoms with Gasteiger partial charge in [0.15, 0.2) is 5.65 Å². The summed E-state index contributed by atoms with van der Waals surface area (Å²) in [6.45, 7) is 3.82. The molecule has 124 valence electrons. The van der Waals surface area contributed by atoms with E-state index in [9.17, 15) is 9.59 Å². The summed E-state index contributed by atoms with van der Waals surface area (Å²) in [7, 11) is 1.55. The molecule has 0 spiro atoms. The smallest absolute Gasteiger partial charge is 0.274 e. The lowest BCUT2D eigenvalue weighted by Gasteiger charge is -2.04. The van der Waals surface area contributed by atoms with E-state index < -0.39 is 0 Å². The molecule has 0 aliphatic heterocycles. The van der Waals surface area contributed by atoms with Gasteiger partial charge >= 0.3 is 0 Å². The lowest BCUT2D eigenvalue weighted by molar-refractivity contribution is -0.121. The highest BCUT2D eigenvalue weighted by Crippen LogP contribution is 2.11. The fourth-order valence-corrected chi connectivity index (χ4v) is 2.29. The first-order valence-electron chi connectivity index (χ1n) is 7.34. The van der Waals surface area contributed by atoms with Crippen molar-refractivity contribution in [3.8, 4) is 0 Å². The molecule has 0 radical (unpaired) electrons. The molecule has 0 saturated heterocycles. The van der Waals surface area contributed by atoms with Crippen molar-refractivity contribution in [2.24, 2.45) is 0 Å². The molecule has 0 aliphatic rings. The predicted molar refractivity (Wildman–Crippen MR) is 86.7 cm³/mol. The third-order valence-corrected chi connectivity index (χ3v) is 3.44. The van der Waals surface area contributed by atoms with Crippen LogP contribution in [0.15, 0.2) is 24.5 Å². The highest BCUT2D eigenvalue weighted by Gasteiger charge is 2.13. The number of likely N-dealkylation sites (N-methyl/N-ethyl adjacent to an activating group) is 1. The number of nitrogens with zero attached hydrogens (tertiary/aromatic N) is 5. The summed E-state index contributed by atoms with van der Waals surface area (Å²) in [6.07, 6.45) is 3.07. The van der Waals surface area contributed by atoms with E-state index in [-0.39, 0.29) is 18.4 Å². The Hall–Kier alpha value is -3.23. The van der Waals surface area contributed by atoms with Gasteiger partial charge in [0.25, 0.3) is 5.91 Å². The Morgan fingerprint density at radius 3 is 2.79 bits per heavy atom. The fraction of sp³-hybridized carbons (Fsp3) is 0.267. The summed E-state index contributed by atoms with van der Waals surface area (Å²) in [4.78, 5) is 28.0. The zero-order valence-corrected chi connectivity index (χ0v) is 13.6. The summed E-state index contributed by atoms with van der Waals surface area (Å²) in [5.74, 6) is -0.520. The number of carbonyl (C=O) groups is 2. The average Bonchev–Trinajstić information content (AvgIpc) is 3.13. The largest absolute Gasteiger partial charge is 0.358 e. The van der Waals surface area contributed by atoms with Crippen molar-refractivity contribution < 1.29 is 9.59 Å². The van der Waals surface area contributed by atoms with Crippen LogP contribution in [-0.4, -0.2) is 43.2 Å². The van der Waals surface area contributed by atoms with Crippen molar-refractivity contribution in [3.05, 3.63) is 41.6 Å². The molecule has 0 aromatic carbocycles. The van der Waals surface area contributed by atoms with E-state index in [0.29, 0.717) is 17.0 Å². The maximum absolute atomic E-state index is 12.4. The van der Waals surface area contributed by atoms with Crippen LogP contribution < -0.4 is 10.6 Å². The number of aryl methyl sites for hydroxylation is 2. The topological polar surface area (TPSA) is 106 Å². The first-order chi connectivity index (χ1) is 11.5. The minimum absolute atomic E-state index is 0.0881. The quantitative estimate of drug-likeness (QED) is 0.727. The number of carbonyl (C=O) groups excluding carboxylic acids is 2. The lowest BCUT2D eigenvalue weighted by atomic mass is 10.3. The van der Waals surface area contributed by atoms with Crippen molar-refractivity contribution in [2.75, 3.05) is 12.4 Å². The average molecular weight is 327 g/mol. The SMILES string of the molecule is CNC(=O)Cn1cc(NC(=O)c2cc(C)n3nc(C)cc3n2)cn1. The van der Waals surface area contributed by atoms with Crippen LogP contribution in [0.5, 0.6) is 0 Å². The Balaban J connectivity index is 1.78. The number of hydrogen-bond acceptors (Lipinski definition) is 5. The number of hydrogen-bond donors (Lipinski definition) is 2. The molecule has 2 amide bonds. The molecule has 3 heterocycles. The normalized spacial score (nSPS) is 10.8. The molecule has 3 aromatic rings. The van der Waals surface area contributed by atoms with Crippen molar-refractivity contribution in [2.45, 2.75) is 20.4 Å². The first kappa shape index (κ1) is 15.7. The van der Waals surface area contributed by atoms with Gasteiger partial charge in [0, 0.05) is 25.0 Å². The molecule has 0 saturated carbocycles. The van der Waals surface area contributed by atoms with Gasteiger partial charge in [-0.15, -0.1) is 0 Å². The number of fused-ring (bicyclic) bond motifs is 1. The van der Waals surface area contributed by atoms with Crippen LogP contribution in [0.3, 0.4) is 0 Å². The maximum atomic E-state index is 12.4. The van der Waals surface area contributed by atoms with Crippen molar-refractivity contribution in [3.63, 3.8) is 0 Å². The van der Waals surface area contributed by atoms with E-state index in [1.165, 1.54) is 10.9 Å². The zero-order valence-electron chi connectivity index (χ0n) is 13.6. The molecular formula is C15H17N7O2. The van der Waals surface area contributed by atoms with Gasteiger partial charge in [-0.05, 0) is 19.9 Å². The Labute approximate surface area is 137 Å². The molecular weight excluding hydrogens is 310 g/mol. The van der Waals surface area contributed by atoms with Crippen LogP contribution in [0, 0.1) is 13.8 Å². The number of nitrogens with one attached hydrogen (secondary N) is 2. The van der Waals surface area contributed by atoms with Gasteiger partial charge < -0.3 is 10.6 Å². The van der Waals surface area contributed by atoms with E-state index in [1.807, 2.05) is 19.9 Å². The van der Waals surface area contributed by atoms with Gasteiger partial charge in [0.05, 0.1) is 17.6 Å². The van der Waals surface area contributed by atoms with Gasteiger partial charge in [0.2, 0.25) is 5.91 Å². The maximum Gasteiger partial charge on any atom is 0.274 e. The Morgan fingerprint density at radius 2 is 2.04 bits per heavy atom. The molecule has 9 heteroatoms. The van der Waals surface area contributed by atoms with E-state index in [0.717, 1.165) is 11.4 Å². The van der Waals surface area contributed by atoms with Crippen LogP contribution in [0.25, 0.3) is 5.65 Å². The Kier molecular flexibility index (Phi) is 3.98. The number of rotatable bonds is 4. The fourth-order valence-electron chi connectivity index (χ4n) is 2.29. The third kappa shape index (κ3) is 3.09. The first-order valence-corrected chi connectivity index (χ1v) is 7.34. The van der Waals surface area contributed by atoms with Gasteiger partial charge in [0.1, 0.15) is 12.2 Å². The van der Waals surface area contributed by atoms with E-state index in [2.05, 4.69) is 25.8 Å². The number of amides is 2. The molecule has 0 bridgehead atoms. The van der Waals surface area contributed by atoms with Crippen LogP contribution in [0.1, 0.15) is 21.9 Å². The second kappa shape index (κ2) is 6.11. The van der Waals surface area contributed by atoms with E-state index in [1.54, 1.807) is 23.8 Å². The van der Waals surface area contributed by atoms with Gasteiger partial charge in [-0.3, -0.25) is 14.3 Å². The van der Waals surface area contributed by atoms with Gasteiger partial charge in [-0.25, -0.2) is 9.50 Å². The summed E-state index contributed by atoms with van der Waals surface area (Å²) in [5.41, 5.74) is 3.05. The lowest BCUT2D eigenvalue weighted by Crippen LogP contribution is -2.23. The van der Waals surface area contributed by atoms with Crippen LogP contribution in [-0.2, 0) is 11.3 Å². The monoisotopic (exact) mass is 327 g/mol. The molecule has 0 aliphatic carbocycles. The highest BCUT2D eigenvalue weighted by molar-refractivity contribution is 6.03. The second-order valence-electron chi connectivity index (χ2n) is 5.39. The molecule has 24 heavy (non-hydrogen) atoms.